The molecule has 32 heavy (non-hydrogen) atoms. The second-order valence-corrected chi connectivity index (χ2v) is 15.9. The Labute approximate surface area is 192 Å². The van der Waals surface area contributed by atoms with Crippen LogP contribution in [0.3, 0.4) is 0 Å². The first kappa shape index (κ1) is 21.1. The summed E-state index contributed by atoms with van der Waals surface area (Å²) in [4.78, 5) is 5.18. The van der Waals surface area contributed by atoms with Crippen LogP contribution in [-0.4, -0.2) is 13.1 Å². The van der Waals surface area contributed by atoms with E-state index in [2.05, 4.69) is 95.3 Å². The molecule has 0 aliphatic carbocycles. The van der Waals surface area contributed by atoms with Gasteiger partial charge in [-0.25, -0.2) is 4.98 Å². The first-order chi connectivity index (χ1) is 15.1. The van der Waals surface area contributed by atoms with Gasteiger partial charge in [0.05, 0.1) is 13.6 Å². The van der Waals surface area contributed by atoms with Gasteiger partial charge in [-0.05, 0) is 59.5 Å². The second kappa shape index (κ2) is 7.14. The van der Waals surface area contributed by atoms with E-state index >= 15 is 0 Å². The van der Waals surface area contributed by atoms with Crippen molar-refractivity contribution in [2.24, 2.45) is 13.0 Å². The average Bonchev–Trinajstić information content (AvgIpc) is 2.69. The van der Waals surface area contributed by atoms with Gasteiger partial charge in [0.15, 0.2) is 0 Å². The zero-order valence-corrected chi connectivity index (χ0v) is 21.6. The fourth-order valence-corrected chi connectivity index (χ4v) is 6.65. The van der Waals surface area contributed by atoms with Crippen LogP contribution >= 0.6 is 0 Å². The minimum atomic E-state index is -1.57. The lowest BCUT2D eigenvalue weighted by Crippen LogP contribution is -2.42. The Morgan fingerprint density at radius 2 is 1.81 bits per heavy atom. The molecule has 1 aliphatic heterocycles. The van der Waals surface area contributed by atoms with Crippen LogP contribution in [0.4, 0.5) is 0 Å². The van der Waals surface area contributed by atoms with E-state index in [0.717, 1.165) is 29.3 Å². The SMILES string of the molecule is Cc1cc2cc(CC(C)C)cc3c2c(c1C)-c1c(nc2c([Si](C)(C)C)cccc2[n+]1C)O3. The quantitative estimate of drug-likeness (QED) is 0.241. The lowest BCUT2D eigenvalue weighted by molar-refractivity contribution is -0.634. The lowest BCUT2D eigenvalue weighted by Gasteiger charge is -2.24. The molecule has 0 radical (unpaired) electrons. The number of ether oxygens (including phenoxy) is 1. The summed E-state index contributed by atoms with van der Waals surface area (Å²) in [7, 11) is 0.594. The fourth-order valence-electron chi connectivity index (χ4n) is 5.16. The predicted octanol–water partition coefficient (Wildman–Crippen LogP) is 6.35. The molecule has 3 aromatic carbocycles. The summed E-state index contributed by atoms with van der Waals surface area (Å²) in [5, 5.41) is 3.85. The van der Waals surface area contributed by atoms with Crippen LogP contribution in [-0.2, 0) is 13.5 Å². The lowest BCUT2D eigenvalue weighted by atomic mass is 9.89. The Kier molecular flexibility index (Phi) is 4.72. The van der Waals surface area contributed by atoms with Crippen molar-refractivity contribution in [2.45, 2.75) is 53.8 Å². The molecule has 0 saturated heterocycles. The molecule has 0 fully saturated rings. The number of benzene rings is 3. The van der Waals surface area contributed by atoms with E-state index in [1.807, 2.05) is 0 Å². The van der Waals surface area contributed by atoms with Crippen molar-refractivity contribution in [3.05, 3.63) is 53.1 Å². The highest BCUT2D eigenvalue weighted by Gasteiger charge is 2.34. The van der Waals surface area contributed by atoms with Gasteiger partial charge in [0.1, 0.15) is 18.3 Å². The largest absolute Gasteiger partial charge is 0.433 e. The molecule has 4 aromatic rings. The van der Waals surface area contributed by atoms with Gasteiger partial charge in [-0.15, -0.1) is 0 Å². The number of hydrogen-bond acceptors (Lipinski definition) is 2. The Hall–Kier alpha value is -2.72. The topological polar surface area (TPSA) is 26.0 Å². The van der Waals surface area contributed by atoms with Gasteiger partial charge >= 0.3 is 0 Å². The number of hydrogen-bond donors (Lipinski definition) is 0. The van der Waals surface area contributed by atoms with Crippen LogP contribution in [0.5, 0.6) is 11.6 Å². The minimum absolute atomic E-state index is 0.598. The van der Waals surface area contributed by atoms with E-state index in [4.69, 9.17) is 9.72 Å². The Morgan fingerprint density at radius 1 is 1.06 bits per heavy atom. The minimum Gasteiger partial charge on any atom is -0.433 e. The van der Waals surface area contributed by atoms with Crippen LogP contribution in [0.1, 0.15) is 30.5 Å². The van der Waals surface area contributed by atoms with Crippen LogP contribution in [0, 0.1) is 19.8 Å². The van der Waals surface area contributed by atoms with Gasteiger partial charge in [-0.1, -0.05) is 57.8 Å². The van der Waals surface area contributed by atoms with E-state index in [9.17, 15) is 0 Å². The second-order valence-electron chi connectivity index (χ2n) is 10.8. The maximum atomic E-state index is 6.61. The van der Waals surface area contributed by atoms with E-state index < -0.39 is 8.07 Å². The van der Waals surface area contributed by atoms with E-state index in [0.29, 0.717) is 5.92 Å². The molecule has 0 bridgehead atoms. The molecule has 0 saturated carbocycles. The predicted molar refractivity (Wildman–Crippen MR) is 137 cm³/mol. The molecular formula is C28H33N2OSi+. The molecule has 0 spiro atoms. The van der Waals surface area contributed by atoms with Gasteiger partial charge in [0.25, 0.3) is 11.6 Å². The van der Waals surface area contributed by atoms with Crippen molar-refractivity contribution in [1.29, 1.82) is 0 Å². The number of rotatable bonds is 3. The van der Waals surface area contributed by atoms with Crippen molar-refractivity contribution in [1.82, 2.24) is 4.98 Å². The third kappa shape index (κ3) is 3.15. The smallest absolute Gasteiger partial charge is 0.294 e. The third-order valence-electron chi connectivity index (χ3n) is 6.80. The highest BCUT2D eigenvalue weighted by molar-refractivity contribution is 6.90. The third-order valence-corrected chi connectivity index (χ3v) is 8.82. The van der Waals surface area contributed by atoms with Crippen LogP contribution < -0.4 is 14.5 Å². The van der Waals surface area contributed by atoms with Crippen LogP contribution in [0.25, 0.3) is 33.1 Å². The van der Waals surface area contributed by atoms with E-state index in [1.54, 1.807) is 0 Å². The summed E-state index contributed by atoms with van der Waals surface area (Å²) < 4.78 is 8.91. The van der Waals surface area contributed by atoms with Gasteiger partial charge in [-0.3, -0.25) is 0 Å². The first-order valence-corrected chi connectivity index (χ1v) is 15.1. The molecule has 0 amide bonds. The number of para-hydroxylation sites is 1. The summed E-state index contributed by atoms with van der Waals surface area (Å²) in [6, 6.07) is 13.5. The average molecular weight is 442 g/mol. The number of aromatic nitrogens is 2. The molecule has 0 N–H and O–H groups in total. The van der Waals surface area contributed by atoms with Gasteiger partial charge in [0.2, 0.25) is 5.52 Å². The van der Waals surface area contributed by atoms with Crippen molar-refractivity contribution < 1.29 is 9.30 Å². The molecule has 5 rings (SSSR count). The summed E-state index contributed by atoms with van der Waals surface area (Å²) in [5.74, 6) is 2.27. The molecule has 3 nitrogen and oxygen atoms in total. The molecule has 1 aromatic heterocycles. The monoisotopic (exact) mass is 441 g/mol. The molecular weight excluding hydrogens is 408 g/mol. The highest BCUT2D eigenvalue weighted by Crippen LogP contribution is 2.47. The molecule has 164 valence electrons. The maximum Gasteiger partial charge on any atom is 0.294 e. The summed E-state index contributed by atoms with van der Waals surface area (Å²) >= 11 is 0. The fraction of sp³-hybridized carbons (Fsp3) is 0.357. The molecule has 4 heteroatoms. The summed E-state index contributed by atoms with van der Waals surface area (Å²) in [5.41, 5.74) is 8.54. The van der Waals surface area contributed by atoms with Crippen molar-refractivity contribution >= 4 is 35.1 Å². The normalized spacial score (nSPS) is 13.0. The molecule has 1 aliphatic rings. The van der Waals surface area contributed by atoms with Gasteiger partial charge < -0.3 is 4.74 Å². The first-order valence-electron chi connectivity index (χ1n) is 11.6. The molecule has 0 unspecified atom stereocenters. The van der Waals surface area contributed by atoms with E-state index in [-0.39, 0.29) is 0 Å². The highest BCUT2D eigenvalue weighted by atomic mass is 28.3. The van der Waals surface area contributed by atoms with E-state index in [1.165, 1.54) is 43.7 Å². The number of nitrogens with zero attached hydrogens (tertiary/aromatic N) is 2. The zero-order valence-electron chi connectivity index (χ0n) is 20.6. The standard InChI is InChI=1S/C28H33N2OSi/c1-16(2)12-19-14-20-13-17(3)18(4)24-25(20)22(15-19)31-28-27(24)30(5)21-10-9-11-23(26(21)29-28)32(6,7)8/h9-11,13-16H,12H2,1-8H3/q+1. The van der Waals surface area contributed by atoms with Crippen molar-refractivity contribution in [3.63, 3.8) is 0 Å². The van der Waals surface area contributed by atoms with Crippen LogP contribution in [0.15, 0.2) is 36.4 Å². The van der Waals surface area contributed by atoms with Crippen LogP contribution in [0.2, 0.25) is 19.6 Å². The summed E-state index contributed by atoms with van der Waals surface area (Å²) in [6.45, 7) is 16.1. The maximum absolute atomic E-state index is 6.61. The van der Waals surface area contributed by atoms with Gasteiger partial charge in [-0.2, -0.15) is 4.57 Å². The molecule has 2 heterocycles. The number of fused-ring (bicyclic) bond motifs is 3. The Bertz CT molecular complexity index is 1410. The Balaban J connectivity index is 1.90. The molecule has 0 atom stereocenters. The van der Waals surface area contributed by atoms with Crippen molar-refractivity contribution in [3.8, 4) is 22.9 Å². The summed E-state index contributed by atoms with van der Waals surface area (Å²) in [6.07, 6.45) is 1.04. The number of aryl methyl sites for hydroxylation is 2. The van der Waals surface area contributed by atoms with Gasteiger partial charge in [0, 0.05) is 11.5 Å². The van der Waals surface area contributed by atoms with Crippen molar-refractivity contribution in [2.75, 3.05) is 0 Å². The zero-order chi connectivity index (χ0) is 22.9. The Morgan fingerprint density at radius 3 is 2.50 bits per heavy atom.